The second-order valence-corrected chi connectivity index (χ2v) is 3.96. The van der Waals surface area contributed by atoms with Gasteiger partial charge in [-0.05, 0) is 31.2 Å². The third-order valence-electron chi connectivity index (χ3n) is 2.68. The van der Waals surface area contributed by atoms with E-state index in [1.54, 1.807) is 31.4 Å². The Kier molecular flexibility index (Phi) is 4.46. The van der Waals surface area contributed by atoms with Gasteiger partial charge in [-0.3, -0.25) is 0 Å². The third kappa shape index (κ3) is 3.01. The third-order valence-corrected chi connectivity index (χ3v) is 2.68. The van der Waals surface area contributed by atoms with Crippen molar-refractivity contribution in [1.29, 1.82) is 5.26 Å². The number of nitriles is 1. The zero-order valence-electron chi connectivity index (χ0n) is 11.4. The Balaban J connectivity index is 2.36. The average Bonchev–Trinajstić information content (AvgIpc) is 2.49. The van der Waals surface area contributed by atoms with Crippen LogP contribution < -0.4 is 14.2 Å². The molecule has 0 aromatic heterocycles. The summed E-state index contributed by atoms with van der Waals surface area (Å²) in [6.45, 7) is 2.45. The van der Waals surface area contributed by atoms with Crippen molar-refractivity contribution in [2.24, 2.45) is 0 Å². The maximum Gasteiger partial charge on any atom is 0.169 e. The quantitative estimate of drug-likeness (QED) is 0.829. The second kappa shape index (κ2) is 6.48. The van der Waals surface area contributed by atoms with Gasteiger partial charge in [0.15, 0.2) is 11.5 Å². The van der Waals surface area contributed by atoms with E-state index < -0.39 is 0 Å². The molecule has 0 bridgehead atoms. The highest BCUT2D eigenvalue weighted by Gasteiger charge is 2.10. The van der Waals surface area contributed by atoms with Crippen LogP contribution in [0.2, 0.25) is 0 Å². The summed E-state index contributed by atoms with van der Waals surface area (Å²) >= 11 is 0. The van der Waals surface area contributed by atoms with Crippen molar-refractivity contribution in [2.45, 2.75) is 6.92 Å². The number of para-hydroxylation sites is 2. The van der Waals surface area contributed by atoms with Gasteiger partial charge in [-0.15, -0.1) is 0 Å². The van der Waals surface area contributed by atoms with Gasteiger partial charge in [0.2, 0.25) is 0 Å². The van der Waals surface area contributed by atoms with Crippen LogP contribution in [0.15, 0.2) is 42.5 Å². The minimum atomic E-state index is 0.442. The van der Waals surface area contributed by atoms with Crippen LogP contribution in [-0.4, -0.2) is 13.7 Å². The van der Waals surface area contributed by atoms with Crippen LogP contribution in [-0.2, 0) is 0 Å². The number of benzene rings is 2. The van der Waals surface area contributed by atoms with E-state index in [4.69, 9.17) is 19.5 Å². The lowest BCUT2D eigenvalue weighted by Crippen LogP contribution is -1.96. The lowest BCUT2D eigenvalue weighted by atomic mass is 10.2. The van der Waals surface area contributed by atoms with Crippen molar-refractivity contribution >= 4 is 0 Å². The lowest BCUT2D eigenvalue weighted by Gasteiger charge is -2.12. The number of rotatable bonds is 5. The van der Waals surface area contributed by atoms with Gasteiger partial charge in [0.1, 0.15) is 17.6 Å². The summed E-state index contributed by atoms with van der Waals surface area (Å²) in [5, 5.41) is 9.13. The van der Waals surface area contributed by atoms with Gasteiger partial charge in [-0.25, -0.2) is 0 Å². The molecule has 0 aliphatic heterocycles. The van der Waals surface area contributed by atoms with Crippen LogP contribution in [0, 0.1) is 11.3 Å². The van der Waals surface area contributed by atoms with Gasteiger partial charge in [0, 0.05) is 6.07 Å². The molecule has 4 heteroatoms. The molecule has 0 amide bonds. The Morgan fingerprint density at radius 1 is 1.05 bits per heavy atom. The molecule has 0 aliphatic carbocycles. The molecule has 2 aromatic rings. The number of ether oxygens (including phenoxy) is 3. The number of nitrogens with zero attached hydrogens (tertiary/aromatic N) is 1. The largest absolute Gasteiger partial charge is 0.497 e. The van der Waals surface area contributed by atoms with Crippen LogP contribution in [0.1, 0.15) is 12.5 Å². The standard InChI is InChI=1S/C16H15NO3/c1-3-19-14-6-4-5-7-15(14)20-16-10-13(18-2)9-8-12(16)11-17/h4-10H,3H2,1-2H3. The topological polar surface area (TPSA) is 51.5 Å². The van der Waals surface area contributed by atoms with Crippen LogP contribution in [0.3, 0.4) is 0 Å². The first-order valence-electron chi connectivity index (χ1n) is 6.26. The van der Waals surface area contributed by atoms with Gasteiger partial charge in [0.05, 0.1) is 19.3 Å². The molecule has 2 rings (SSSR count). The van der Waals surface area contributed by atoms with Crippen molar-refractivity contribution in [3.8, 4) is 29.1 Å². The summed E-state index contributed by atoms with van der Waals surface area (Å²) in [5.41, 5.74) is 0.442. The summed E-state index contributed by atoms with van der Waals surface area (Å²) in [7, 11) is 1.57. The first-order valence-corrected chi connectivity index (χ1v) is 6.26. The molecule has 0 aliphatic rings. The highest BCUT2D eigenvalue weighted by Crippen LogP contribution is 2.34. The Hall–Kier alpha value is -2.67. The Morgan fingerprint density at radius 3 is 2.45 bits per heavy atom. The molecule has 20 heavy (non-hydrogen) atoms. The summed E-state index contributed by atoms with van der Waals surface area (Å²) < 4.78 is 16.4. The van der Waals surface area contributed by atoms with E-state index in [0.717, 1.165) is 0 Å². The maximum absolute atomic E-state index is 9.13. The molecule has 0 heterocycles. The molecule has 0 spiro atoms. The number of hydrogen-bond donors (Lipinski definition) is 0. The van der Waals surface area contributed by atoms with Gasteiger partial charge in [-0.2, -0.15) is 5.26 Å². The zero-order chi connectivity index (χ0) is 14.4. The Labute approximate surface area is 118 Å². The predicted molar refractivity (Wildman–Crippen MR) is 75.4 cm³/mol. The highest BCUT2D eigenvalue weighted by atomic mass is 16.5. The fourth-order valence-corrected chi connectivity index (χ4v) is 1.73. The summed E-state index contributed by atoms with van der Waals surface area (Å²) in [6, 6.07) is 14.5. The molecular formula is C16H15NO3. The number of hydrogen-bond acceptors (Lipinski definition) is 4. The molecule has 0 unspecified atom stereocenters. The molecule has 0 fully saturated rings. The first-order chi connectivity index (χ1) is 9.78. The minimum Gasteiger partial charge on any atom is -0.497 e. The van der Waals surface area contributed by atoms with Crippen LogP contribution in [0.5, 0.6) is 23.0 Å². The predicted octanol–water partition coefficient (Wildman–Crippen LogP) is 3.76. The van der Waals surface area contributed by atoms with E-state index in [2.05, 4.69) is 6.07 Å². The molecule has 0 saturated carbocycles. The summed E-state index contributed by atoms with van der Waals surface area (Å²) in [5.74, 6) is 2.28. The first kappa shape index (κ1) is 13.8. The van der Waals surface area contributed by atoms with Gasteiger partial charge < -0.3 is 14.2 Å². The van der Waals surface area contributed by atoms with Gasteiger partial charge in [-0.1, -0.05) is 12.1 Å². The SMILES string of the molecule is CCOc1ccccc1Oc1cc(OC)ccc1C#N. The van der Waals surface area contributed by atoms with Crippen molar-refractivity contribution in [1.82, 2.24) is 0 Å². The van der Waals surface area contributed by atoms with Crippen molar-refractivity contribution in [3.63, 3.8) is 0 Å². The Morgan fingerprint density at radius 2 is 1.80 bits per heavy atom. The van der Waals surface area contributed by atoms with E-state index in [1.807, 2.05) is 25.1 Å². The van der Waals surface area contributed by atoms with Gasteiger partial charge >= 0.3 is 0 Å². The van der Waals surface area contributed by atoms with Crippen molar-refractivity contribution in [2.75, 3.05) is 13.7 Å². The smallest absolute Gasteiger partial charge is 0.169 e. The molecule has 2 aromatic carbocycles. The van der Waals surface area contributed by atoms with E-state index in [1.165, 1.54) is 0 Å². The molecular weight excluding hydrogens is 254 g/mol. The average molecular weight is 269 g/mol. The minimum absolute atomic E-state index is 0.442. The van der Waals surface area contributed by atoms with E-state index in [9.17, 15) is 0 Å². The van der Waals surface area contributed by atoms with Crippen molar-refractivity contribution in [3.05, 3.63) is 48.0 Å². The monoisotopic (exact) mass is 269 g/mol. The van der Waals surface area contributed by atoms with E-state index in [-0.39, 0.29) is 0 Å². The summed E-state index contributed by atoms with van der Waals surface area (Å²) in [4.78, 5) is 0. The van der Waals surface area contributed by atoms with Crippen LogP contribution >= 0.6 is 0 Å². The molecule has 0 saturated heterocycles. The zero-order valence-corrected chi connectivity index (χ0v) is 11.4. The highest BCUT2D eigenvalue weighted by molar-refractivity contribution is 5.51. The van der Waals surface area contributed by atoms with E-state index >= 15 is 0 Å². The van der Waals surface area contributed by atoms with Gasteiger partial charge in [0.25, 0.3) is 0 Å². The number of methoxy groups -OCH3 is 1. The fourth-order valence-electron chi connectivity index (χ4n) is 1.73. The van der Waals surface area contributed by atoms with E-state index in [0.29, 0.717) is 35.2 Å². The second-order valence-electron chi connectivity index (χ2n) is 3.96. The molecule has 102 valence electrons. The fraction of sp³-hybridized carbons (Fsp3) is 0.188. The lowest BCUT2D eigenvalue weighted by molar-refractivity contribution is 0.321. The normalized spacial score (nSPS) is 9.65. The molecule has 0 N–H and O–H groups in total. The summed E-state index contributed by atoms with van der Waals surface area (Å²) in [6.07, 6.45) is 0. The van der Waals surface area contributed by atoms with Crippen LogP contribution in [0.4, 0.5) is 0 Å². The maximum atomic E-state index is 9.13. The van der Waals surface area contributed by atoms with Crippen LogP contribution in [0.25, 0.3) is 0 Å². The molecule has 0 radical (unpaired) electrons. The van der Waals surface area contributed by atoms with Crippen molar-refractivity contribution < 1.29 is 14.2 Å². The molecule has 4 nitrogen and oxygen atoms in total. The Bertz CT molecular complexity index is 632. The molecule has 0 atom stereocenters.